The van der Waals surface area contributed by atoms with E-state index in [0.717, 1.165) is 35.5 Å². The zero-order valence-electron chi connectivity index (χ0n) is 21.0. The number of benzene rings is 2. The molecule has 6 heteroatoms. The fourth-order valence-corrected chi connectivity index (χ4v) is 5.28. The van der Waals surface area contributed by atoms with Gasteiger partial charge in [0.1, 0.15) is 18.0 Å². The molecule has 2 aliphatic rings. The third-order valence-electron chi connectivity index (χ3n) is 7.79. The fraction of sp³-hybridized carbons (Fsp3) is 0.571. The summed E-state index contributed by atoms with van der Waals surface area (Å²) in [6, 6.07) is 12.6. The third-order valence-corrected chi connectivity index (χ3v) is 7.79. The van der Waals surface area contributed by atoms with Gasteiger partial charge in [0, 0.05) is 38.4 Å². The highest BCUT2D eigenvalue weighted by Gasteiger charge is 2.44. The molecule has 0 unspecified atom stereocenters. The number of β-amino-alcohol motifs (C(OH)–C–C–N with tert-alkyl or cyclic N) is 2. The average molecular weight is 469 g/mol. The Bertz CT molecular complexity index is 985. The largest absolute Gasteiger partial charge is 0.490 e. The summed E-state index contributed by atoms with van der Waals surface area (Å²) in [6.07, 6.45) is 0.955. The Kier molecular flexibility index (Phi) is 7.25. The highest BCUT2D eigenvalue weighted by molar-refractivity contribution is 5.48. The Balaban J connectivity index is 1.36. The first-order valence-electron chi connectivity index (χ1n) is 12.4. The van der Waals surface area contributed by atoms with Crippen molar-refractivity contribution in [2.45, 2.75) is 64.3 Å². The normalized spacial score (nSPS) is 25.4. The van der Waals surface area contributed by atoms with E-state index < -0.39 is 17.3 Å². The van der Waals surface area contributed by atoms with E-state index in [-0.39, 0.29) is 13.2 Å². The van der Waals surface area contributed by atoms with Crippen molar-refractivity contribution in [1.29, 1.82) is 0 Å². The van der Waals surface area contributed by atoms with E-state index in [9.17, 15) is 15.3 Å². The molecule has 0 saturated carbocycles. The number of piperidine rings is 2. The molecule has 2 saturated heterocycles. The summed E-state index contributed by atoms with van der Waals surface area (Å²) in [5.74, 6) is 0.778. The first-order chi connectivity index (χ1) is 16.1. The minimum absolute atomic E-state index is 0.0232. The van der Waals surface area contributed by atoms with Crippen LogP contribution < -0.4 is 9.64 Å². The summed E-state index contributed by atoms with van der Waals surface area (Å²) in [5, 5.41) is 33.3. The predicted molar refractivity (Wildman–Crippen MR) is 136 cm³/mol. The number of rotatable bonds is 6. The molecule has 3 N–H and O–H groups in total. The van der Waals surface area contributed by atoms with Gasteiger partial charge in [0.05, 0.1) is 11.7 Å². The van der Waals surface area contributed by atoms with Gasteiger partial charge in [0.15, 0.2) is 0 Å². The van der Waals surface area contributed by atoms with Crippen molar-refractivity contribution >= 4 is 5.69 Å². The van der Waals surface area contributed by atoms with Gasteiger partial charge in [-0.3, -0.25) is 4.90 Å². The van der Waals surface area contributed by atoms with Crippen LogP contribution in [-0.2, 0) is 0 Å². The van der Waals surface area contributed by atoms with Crippen molar-refractivity contribution in [2.24, 2.45) is 0 Å². The van der Waals surface area contributed by atoms with Gasteiger partial charge in [0.2, 0.25) is 0 Å². The zero-order valence-corrected chi connectivity index (χ0v) is 21.0. The first-order valence-corrected chi connectivity index (χ1v) is 12.4. The highest BCUT2D eigenvalue weighted by Crippen LogP contribution is 2.32. The number of hydrogen-bond acceptors (Lipinski definition) is 6. The number of aliphatic hydroxyl groups excluding tert-OH is 1. The van der Waals surface area contributed by atoms with Crippen molar-refractivity contribution in [3.8, 4) is 5.75 Å². The van der Waals surface area contributed by atoms with E-state index >= 15 is 0 Å². The van der Waals surface area contributed by atoms with Gasteiger partial charge < -0.3 is 25.0 Å². The maximum Gasteiger partial charge on any atom is 0.137 e. The molecule has 0 spiro atoms. The number of anilines is 1. The van der Waals surface area contributed by atoms with E-state index in [4.69, 9.17) is 4.74 Å². The lowest BCUT2D eigenvalue weighted by Crippen LogP contribution is -2.62. The van der Waals surface area contributed by atoms with E-state index in [1.54, 1.807) is 0 Å². The molecule has 2 fully saturated rings. The lowest BCUT2D eigenvalue weighted by atomic mass is 9.86. The predicted octanol–water partition coefficient (Wildman–Crippen LogP) is 3.13. The van der Waals surface area contributed by atoms with E-state index in [2.05, 4.69) is 47.1 Å². The molecule has 6 nitrogen and oxygen atoms in total. The van der Waals surface area contributed by atoms with Gasteiger partial charge in [-0.2, -0.15) is 0 Å². The number of ether oxygens (including phenoxy) is 1. The second-order valence-corrected chi connectivity index (χ2v) is 10.6. The van der Waals surface area contributed by atoms with Crippen LogP contribution in [0.25, 0.3) is 0 Å². The van der Waals surface area contributed by atoms with Gasteiger partial charge in [0.25, 0.3) is 0 Å². The van der Waals surface area contributed by atoms with Gasteiger partial charge in [-0.25, -0.2) is 0 Å². The Morgan fingerprint density at radius 1 is 0.912 bits per heavy atom. The maximum absolute atomic E-state index is 11.3. The summed E-state index contributed by atoms with van der Waals surface area (Å²) >= 11 is 0. The minimum atomic E-state index is -1.38. The van der Waals surface area contributed by atoms with Gasteiger partial charge in [-0.15, -0.1) is 0 Å². The van der Waals surface area contributed by atoms with E-state index in [1.807, 2.05) is 26.8 Å². The molecule has 0 aliphatic carbocycles. The Morgan fingerprint density at radius 3 is 2.24 bits per heavy atom. The van der Waals surface area contributed by atoms with Crippen molar-refractivity contribution in [3.63, 3.8) is 0 Å². The number of aryl methyl sites for hydroxylation is 3. The first kappa shape index (κ1) is 25.0. The Labute approximate surface area is 203 Å². The second kappa shape index (κ2) is 9.86. The van der Waals surface area contributed by atoms with E-state index in [0.29, 0.717) is 32.4 Å². The van der Waals surface area contributed by atoms with Crippen LogP contribution in [0.2, 0.25) is 0 Å². The number of nitrogens with zero attached hydrogens (tertiary/aromatic N) is 2. The molecule has 2 atom stereocenters. The lowest BCUT2D eigenvalue weighted by molar-refractivity contribution is -0.149. The fourth-order valence-electron chi connectivity index (χ4n) is 5.28. The van der Waals surface area contributed by atoms with E-state index in [1.165, 1.54) is 11.3 Å². The van der Waals surface area contributed by atoms with Crippen LogP contribution in [0.15, 0.2) is 36.4 Å². The molecule has 34 heavy (non-hydrogen) atoms. The Hall–Kier alpha value is -2.12. The van der Waals surface area contributed by atoms with Crippen LogP contribution in [0.1, 0.15) is 41.5 Å². The molecule has 0 bridgehead atoms. The SMILES string of the molecule is Cc1ccc(N2CCC(O)(CN3CC[C@H](O)[C@@](O)(COc4c(C)ccc(C)c4C)C3)CC2)cc1. The molecular formula is C28H40N2O4. The summed E-state index contributed by atoms with van der Waals surface area (Å²) in [4.78, 5) is 4.41. The van der Waals surface area contributed by atoms with Gasteiger partial charge in [-0.1, -0.05) is 29.8 Å². The summed E-state index contributed by atoms with van der Waals surface area (Å²) in [5.41, 5.74) is 3.48. The molecule has 2 aromatic rings. The zero-order chi connectivity index (χ0) is 24.5. The lowest BCUT2D eigenvalue weighted by Gasteiger charge is -2.47. The molecule has 2 aromatic carbocycles. The van der Waals surface area contributed by atoms with Crippen molar-refractivity contribution < 1.29 is 20.1 Å². The van der Waals surface area contributed by atoms with Gasteiger partial charge >= 0.3 is 0 Å². The average Bonchev–Trinajstić information content (AvgIpc) is 2.80. The van der Waals surface area contributed by atoms with Crippen LogP contribution >= 0.6 is 0 Å². The molecule has 2 heterocycles. The highest BCUT2D eigenvalue weighted by atomic mass is 16.5. The monoisotopic (exact) mass is 468 g/mol. The topological polar surface area (TPSA) is 76.4 Å². The van der Waals surface area contributed by atoms with Gasteiger partial charge in [-0.05, 0) is 75.8 Å². The maximum atomic E-state index is 11.3. The van der Waals surface area contributed by atoms with Crippen LogP contribution in [-0.4, -0.2) is 76.9 Å². The molecule has 0 radical (unpaired) electrons. The Morgan fingerprint density at radius 2 is 1.56 bits per heavy atom. The molecule has 0 aromatic heterocycles. The smallest absolute Gasteiger partial charge is 0.137 e. The molecular weight excluding hydrogens is 428 g/mol. The van der Waals surface area contributed by atoms with Crippen LogP contribution in [0.3, 0.4) is 0 Å². The van der Waals surface area contributed by atoms with Crippen molar-refractivity contribution in [3.05, 3.63) is 58.7 Å². The molecule has 186 valence electrons. The molecule has 0 amide bonds. The third kappa shape index (κ3) is 5.41. The molecule has 4 rings (SSSR count). The van der Waals surface area contributed by atoms with Crippen LogP contribution in [0.4, 0.5) is 5.69 Å². The number of aliphatic hydroxyl groups is 3. The summed E-state index contributed by atoms with van der Waals surface area (Å²) in [6.45, 7) is 11.2. The second-order valence-electron chi connectivity index (χ2n) is 10.6. The number of likely N-dealkylation sites (tertiary alicyclic amines) is 1. The number of hydrogen-bond donors (Lipinski definition) is 3. The summed E-state index contributed by atoms with van der Waals surface area (Å²) < 4.78 is 6.09. The molecule has 2 aliphatic heterocycles. The van der Waals surface area contributed by atoms with Crippen LogP contribution in [0, 0.1) is 27.7 Å². The summed E-state index contributed by atoms with van der Waals surface area (Å²) in [7, 11) is 0. The minimum Gasteiger partial charge on any atom is -0.490 e. The standard InChI is InChI=1S/C28H40N2O4/c1-20-5-9-24(10-6-20)30-15-12-27(32,13-16-30)17-29-14-11-25(31)28(33,18-29)19-34-26-22(3)8-7-21(2)23(26)4/h5-10,25,31-33H,11-19H2,1-4H3/t25-,28-/m0/s1. The quantitative estimate of drug-likeness (QED) is 0.605. The van der Waals surface area contributed by atoms with Crippen molar-refractivity contribution in [1.82, 2.24) is 4.90 Å². The van der Waals surface area contributed by atoms with Crippen molar-refractivity contribution in [2.75, 3.05) is 44.2 Å². The van der Waals surface area contributed by atoms with Crippen LogP contribution in [0.5, 0.6) is 5.75 Å².